The molecule has 0 spiro atoms. The Morgan fingerprint density at radius 2 is 1.79 bits per heavy atom. The van der Waals surface area contributed by atoms with Crippen LogP contribution in [-0.2, 0) is 14.3 Å². The standard InChI is InChI=1S/C14H22N2O3/c1-3-18-12(19-4-2)10-16-14(17)13(15)11-8-6-5-7-9-11/h5-9,12-13H,3-4,10,15H2,1-2H3,(H,16,17). The van der Waals surface area contributed by atoms with Crippen LogP contribution >= 0.6 is 0 Å². The van der Waals surface area contributed by atoms with Crippen LogP contribution in [0.15, 0.2) is 30.3 Å². The summed E-state index contributed by atoms with van der Waals surface area (Å²) in [6.45, 7) is 5.12. The van der Waals surface area contributed by atoms with Crippen molar-refractivity contribution in [2.24, 2.45) is 5.73 Å². The SMILES string of the molecule is CCOC(CNC(=O)C(N)c1ccccc1)OCC. The number of nitrogens with one attached hydrogen (secondary N) is 1. The normalized spacial score (nSPS) is 12.4. The molecule has 0 aliphatic rings. The Bertz CT molecular complexity index is 364. The van der Waals surface area contributed by atoms with Gasteiger partial charge in [-0.3, -0.25) is 4.79 Å². The molecule has 106 valence electrons. The molecule has 0 radical (unpaired) electrons. The molecule has 0 fully saturated rings. The smallest absolute Gasteiger partial charge is 0.241 e. The number of carbonyl (C=O) groups is 1. The van der Waals surface area contributed by atoms with E-state index in [-0.39, 0.29) is 5.91 Å². The molecule has 0 saturated carbocycles. The van der Waals surface area contributed by atoms with Gasteiger partial charge in [-0.05, 0) is 19.4 Å². The van der Waals surface area contributed by atoms with Gasteiger partial charge in [0.25, 0.3) is 0 Å². The van der Waals surface area contributed by atoms with Crippen LogP contribution in [-0.4, -0.2) is 32.0 Å². The summed E-state index contributed by atoms with van der Waals surface area (Å²) in [6, 6.07) is 8.57. The predicted octanol–water partition coefficient (Wildman–Crippen LogP) is 1.20. The van der Waals surface area contributed by atoms with Crippen LogP contribution in [0.3, 0.4) is 0 Å². The number of hydrogen-bond acceptors (Lipinski definition) is 4. The first-order chi connectivity index (χ1) is 9.19. The van der Waals surface area contributed by atoms with Gasteiger partial charge in [0, 0.05) is 13.2 Å². The van der Waals surface area contributed by atoms with Gasteiger partial charge >= 0.3 is 0 Å². The van der Waals surface area contributed by atoms with E-state index in [2.05, 4.69) is 5.32 Å². The third kappa shape index (κ3) is 5.38. The van der Waals surface area contributed by atoms with E-state index in [1.807, 2.05) is 44.2 Å². The van der Waals surface area contributed by atoms with Crippen LogP contribution in [0, 0.1) is 0 Å². The maximum Gasteiger partial charge on any atom is 0.241 e. The summed E-state index contributed by atoms with van der Waals surface area (Å²) in [7, 11) is 0. The van der Waals surface area contributed by atoms with Gasteiger partial charge in [-0.15, -0.1) is 0 Å². The molecule has 1 atom stereocenters. The second-order valence-corrected chi connectivity index (χ2v) is 3.97. The highest BCUT2D eigenvalue weighted by Crippen LogP contribution is 2.09. The number of benzene rings is 1. The van der Waals surface area contributed by atoms with E-state index in [9.17, 15) is 4.79 Å². The molecule has 1 aromatic carbocycles. The van der Waals surface area contributed by atoms with Crippen molar-refractivity contribution in [3.8, 4) is 0 Å². The predicted molar refractivity (Wildman–Crippen MR) is 73.4 cm³/mol. The molecule has 0 aliphatic heterocycles. The molecule has 5 nitrogen and oxygen atoms in total. The second-order valence-electron chi connectivity index (χ2n) is 3.97. The number of ether oxygens (including phenoxy) is 2. The molecule has 5 heteroatoms. The molecule has 0 heterocycles. The Morgan fingerprint density at radius 1 is 1.21 bits per heavy atom. The molecule has 1 rings (SSSR count). The number of nitrogens with two attached hydrogens (primary N) is 1. The highest BCUT2D eigenvalue weighted by atomic mass is 16.7. The Kier molecular flexibility index (Phi) is 7.10. The number of hydrogen-bond donors (Lipinski definition) is 2. The fourth-order valence-corrected chi connectivity index (χ4v) is 1.64. The van der Waals surface area contributed by atoms with E-state index in [4.69, 9.17) is 15.2 Å². The van der Waals surface area contributed by atoms with Crippen LogP contribution in [0.1, 0.15) is 25.5 Å². The zero-order valence-corrected chi connectivity index (χ0v) is 11.5. The Hall–Kier alpha value is -1.43. The summed E-state index contributed by atoms with van der Waals surface area (Å²) in [6.07, 6.45) is -0.429. The highest BCUT2D eigenvalue weighted by molar-refractivity contribution is 5.82. The summed E-state index contributed by atoms with van der Waals surface area (Å²) < 4.78 is 10.7. The summed E-state index contributed by atoms with van der Waals surface area (Å²) in [4.78, 5) is 11.9. The van der Waals surface area contributed by atoms with Gasteiger partial charge in [0.2, 0.25) is 5.91 Å². The van der Waals surface area contributed by atoms with Crippen molar-refractivity contribution in [3.05, 3.63) is 35.9 Å². The number of rotatable bonds is 8. The van der Waals surface area contributed by atoms with Crippen LogP contribution < -0.4 is 11.1 Å². The van der Waals surface area contributed by atoms with Crippen molar-refractivity contribution in [1.82, 2.24) is 5.32 Å². The van der Waals surface area contributed by atoms with E-state index in [0.29, 0.717) is 19.8 Å². The first-order valence-electron chi connectivity index (χ1n) is 6.50. The quantitative estimate of drug-likeness (QED) is 0.693. The Balaban J connectivity index is 2.45. The van der Waals surface area contributed by atoms with E-state index in [1.165, 1.54) is 0 Å². The van der Waals surface area contributed by atoms with Crippen molar-refractivity contribution in [2.45, 2.75) is 26.2 Å². The molecule has 1 aromatic rings. The fourth-order valence-electron chi connectivity index (χ4n) is 1.64. The zero-order chi connectivity index (χ0) is 14.1. The van der Waals surface area contributed by atoms with E-state index < -0.39 is 12.3 Å². The molecular weight excluding hydrogens is 244 g/mol. The molecular formula is C14H22N2O3. The first-order valence-corrected chi connectivity index (χ1v) is 6.50. The first kappa shape index (κ1) is 15.6. The monoisotopic (exact) mass is 266 g/mol. The van der Waals surface area contributed by atoms with Crippen molar-refractivity contribution < 1.29 is 14.3 Å². The van der Waals surface area contributed by atoms with E-state index >= 15 is 0 Å². The summed E-state index contributed by atoms with van der Waals surface area (Å²) in [5.74, 6) is -0.240. The third-order valence-corrected chi connectivity index (χ3v) is 2.59. The van der Waals surface area contributed by atoms with Crippen molar-refractivity contribution in [2.75, 3.05) is 19.8 Å². The molecule has 1 unspecified atom stereocenters. The lowest BCUT2D eigenvalue weighted by atomic mass is 10.1. The lowest BCUT2D eigenvalue weighted by molar-refractivity contribution is -0.141. The zero-order valence-electron chi connectivity index (χ0n) is 11.5. The maximum absolute atomic E-state index is 11.9. The topological polar surface area (TPSA) is 73.6 Å². The number of amides is 1. The molecule has 0 aliphatic carbocycles. The van der Waals surface area contributed by atoms with Gasteiger partial charge in [-0.1, -0.05) is 30.3 Å². The fraction of sp³-hybridized carbons (Fsp3) is 0.500. The van der Waals surface area contributed by atoms with Gasteiger partial charge < -0.3 is 20.5 Å². The van der Waals surface area contributed by atoms with Crippen LogP contribution in [0.4, 0.5) is 0 Å². The minimum absolute atomic E-state index is 0.240. The summed E-state index contributed by atoms with van der Waals surface area (Å²) in [5, 5.41) is 2.74. The van der Waals surface area contributed by atoms with Crippen LogP contribution in [0.25, 0.3) is 0 Å². The summed E-state index contributed by atoms with van der Waals surface area (Å²) >= 11 is 0. The maximum atomic E-state index is 11.9. The van der Waals surface area contributed by atoms with E-state index in [1.54, 1.807) is 0 Å². The van der Waals surface area contributed by atoms with Gasteiger partial charge in [-0.2, -0.15) is 0 Å². The molecule has 0 saturated heterocycles. The van der Waals surface area contributed by atoms with Gasteiger partial charge in [0.15, 0.2) is 6.29 Å². The van der Waals surface area contributed by atoms with Crippen molar-refractivity contribution in [1.29, 1.82) is 0 Å². The Morgan fingerprint density at radius 3 is 2.32 bits per heavy atom. The Labute approximate surface area is 114 Å². The minimum Gasteiger partial charge on any atom is -0.351 e. The molecule has 19 heavy (non-hydrogen) atoms. The van der Waals surface area contributed by atoms with Crippen molar-refractivity contribution in [3.63, 3.8) is 0 Å². The van der Waals surface area contributed by atoms with Crippen molar-refractivity contribution >= 4 is 5.91 Å². The molecule has 1 amide bonds. The molecule has 0 bridgehead atoms. The molecule has 0 aromatic heterocycles. The average Bonchev–Trinajstić information content (AvgIpc) is 2.45. The largest absolute Gasteiger partial charge is 0.351 e. The number of carbonyl (C=O) groups excluding carboxylic acids is 1. The van der Waals surface area contributed by atoms with E-state index in [0.717, 1.165) is 5.56 Å². The van der Waals surface area contributed by atoms with Crippen LogP contribution in [0.2, 0.25) is 0 Å². The minimum atomic E-state index is -0.676. The molecule has 3 N–H and O–H groups in total. The van der Waals surface area contributed by atoms with Gasteiger partial charge in [0.05, 0.1) is 6.54 Å². The summed E-state index contributed by atoms with van der Waals surface area (Å²) in [5.41, 5.74) is 6.66. The third-order valence-electron chi connectivity index (χ3n) is 2.59. The van der Waals surface area contributed by atoms with Crippen LogP contribution in [0.5, 0.6) is 0 Å². The van der Waals surface area contributed by atoms with Gasteiger partial charge in [0.1, 0.15) is 6.04 Å². The average molecular weight is 266 g/mol. The highest BCUT2D eigenvalue weighted by Gasteiger charge is 2.17. The lowest BCUT2D eigenvalue weighted by Gasteiger charge is -2.19. The second kappa shape index (κ2) is 8.63. The van der Waals surface area contributed by atoms with Gasteiger partial charge in [-0.25, -0.2) is 0 Å². The lowest BCUT2D eigenvalue weighted by Crippen LogP contribution is -2.40.